The SMILES string of the molecule is CC[N+]1([C]=O)CCCCCC1. The molecule has 1 radical (unpaired) electrons. The van der Waals surface area contributed by atoms with Gasteiger partial charge in [0.1, 0.15) is 0 Å². The molecule has 1 aliphatic heterocycles. The lowest BCUT2D eigenvalue weighted by Crippen LogP contribution is -2.47. The van der Waals surface area contributed by atoms with E-state index in [4.69, 9.17) is 0 Å². The first kappa shape index (κ1) is 8.72. The standard InChI is InChI=1S/C9H17NO/c1-2-10(9-11)7-5-3-4-6-8-10/h2-8H2,1H3/q+1. The van der Waals surface area contributed by atoms with E-state index < -0.39 is 0 Å². The molecule has 1 fully saturated rings. The van der Waals surface area contributed by atoms with Crippen LogP contribution in [0.3, 0.4) is 0 Å². The molecule has 1 saturated heterocycles. The molecule has 11 heavy (non-hydrogen) atoms. The largest absolute Gasteiger partial charge is 0.442 e. The highest BCUT2D eigenvalue weighted by atomic mass is 16.1. The van der Waals surface area contributed by atoms with Crippen molar-refractivity contribution in [1.82, 2.24) is 0 Å². The summed E-state index contributed by atoms with van der Waals surface area (Å²) in [5, 5.41) is 0. The van der Waals surface area contributed by atoms with Crippen LogP contribution in [0, 0.1) is 0 Å². The molecular formula is C9H17NO+. The third-order valence-corrected chi connectivity index (χ3v) is 2.72. The van der Waals surface area contributed by atoms with E-state index in [1.807, 2.05) is 0 Å². The number of hydrogen-bond donors (Lipinski definition) is 0. The van der Waals surface area contributed by atoms with Gasteiger partial charge in [-0.1, -0.05) is 0 Å². The monoisotopic (exact) mass is 155 g/mol. The smallest absolute Gasteiger partial charge is 0.248 e. The van der Waals surface area contributed by atoms with Crippen LogP contribution in [0.15, 0.2) is 0 Å². The van der Waals surface area contributed by atoms with Crippen LogP contribution in [0.2, 0.25) is 0 Å². The summed E-state index contributed by atoms with van der Waals surface area (Å²) >= 11 is 0. The highest BCUT2D eigenvalue weighted by Crippen LogP contribution is 2.15. The lowest BCUT2D eigenvalue weighted by atomic mass is 10.2. The number of carbonyl (C=O) groups excluding carboxylic acids is 1. The maximum Gasteiger partial charge on any atom is 0.442 e. The molecule has 0 N–H and O–H groups in total. The summed E-state index contributed by atoms with van der Waals surface area (Å²) in [6.45, 7) is 5.03. The molecule has 0 aromatic heterocycles. The third kappa shape index (κ3) is 2.03. The summed E-state index contributed by atoms with van der Waals surface area (Å²) in [7, 11) is 0. The number of nitrogens with zero attached hydrogens (tertiary/aromatic N) is 1. The maximum absolute atomic E-state index is 10.7. The predicted octanol–water partition coefficient (Wildman–Crippen LogP) is 1.46. The third-order valence-electron chi connectivity index (χ3n) is 2.72. The number of quaternary nitrogens is 1. The Bertz CT molecular complexity index is 126. The van der Waals surface area contributed by atoms with Gasteiger partial charge in [0.2, 0.25) is 0 Å². The van der Waals surface area contributed by atoms with Gasteiger partial charge in [0.25, 0.3) is 0 Å². The van der Waals surface area contributed by atoms with Crippen LogP contribution < -0.4 is 0 Å². The van der Waals surface area contributed by atoms with Gasteiger partial charge in [0.15, 0.2) is 0 Å². The highest BCUT2D eigenvalue weighted by molar-refractivity contribution is 5.38. The molecule has 1 rings (SSSR count). The number of amides is 1. The average molecular weight is 155 g/mol. The molecule has 0 atom stereocenters. The van der Waals surface area contributed by atoms with Gasteiger partial charge < -0.3 is 0 Å². The highest BCUT2D eigenvalue weighted by Gasteiger charge is 2.27. The zero-order valence-corrected chi connectivity index (χ0v) is 7.31. The molecule has 0 unspecified atom stereocenters. The Balaban J connectivity index is 2.55. The normalized spacial score (nSPS) is 24.1. The molecule has 0 aliphatic carbocycles. The second kappa shape index (κ2) is 3.86. The van der Waals surface area contributed by atoms with Crippen LogP contribution in [0.4, 0.5) is 0 Å². The zero-order valence-electron chi connectivity index (χ0n) is 7.31. The van der Waals surface area contributed by atoms with Gasteiger partial charge in [-0.05, 0) is 32.6 Å². The Hall–Kier alpha value is -0.370. The molecule has 2 heteroatoms. The minimum absolute atomic E-state index is 0.583. The molecule has 1 amide bonds. The Labute approximate surface area is 68.8 Å². The molecule has 1 aliphatic rings. The number of rotatable bonds is 2. The van der Waals surface area contributed by atoms with E-state index in [2.05, 4.69) is 13.3 Å². The summed E-state index contributed by atoms with van der Waals surface area (Å²) in [4.78, 5) is 10.7. The molecule has 0 saturated carbocycles. The van der Waals surface area contributed by atoms with E-state index in [1.165, 1.54) is 25.7 Å². The van der Waals surface area contributed by atoms with Crippen LogP contribution in [0.5, 0.6) is 0 Å². The minimum Gasteiger partial charge on any atom is -0.248 e. The van der Waals surface area contributed by atoms with Gasteiger partial charge in [-0.2, -0.15) is 0 Å². The lowest BCUT2D eigenvalue weighted by molar-refractivity contribution is -0.836. The fourth-order valence-electron chi connectivity index (χ4n) is 1.77. The Kier molecular flexibility index (Phi) is 3.06. The van der Waals surface area contributed by atoms with E-state index in [0.29, 0.717) is 4.48 Å². The first-order valence-electron chi connectivity index (χ1n) is 4.58. The molecule has 0 spiro atoms. The van der Waals surface area contributed by atoms with E-state index in [0.717, 1.165) is 19.6 Å². The van der Waals surface area contributed by atoms with E-state index in [-0.39, 0.29) is 0 Å². The molecule has 0 bridgehead atoms. The van der Waals surface area contributed by atoms with Crippen molar-refractivity contribution >= 4 is 6.41 Å². The van der Waals surface area contributed by atoms with E-state index >= 15 is 0 Å². The molecular weight excluding hydrogens is 138 g/mol. The molecule has 63 valence electrons. The molecule has 0 aromatic rings. The fourth-order valence-corrected chi connectivity index (χ4v) is 1.77. The second-order valence-corrected chi connectivity index (χ2v) is 3.41. The van der Waals surface area contributed by atoms with Gasteiger partial charge in [0, 0.05) is 0 Å². The van der Waals surface area contributed by atoms with Crippen LogP contribution in [-0.4, -0.2) is 30.5 Å². The van der Waals surface area contributed by atoms with Crippen molar-refractivity contribution in [3.8, 4) is 0 Å². The van der Waals surface area contributed by atoms with Crippen LogP contribution >= 0.6 is 0 Å². The van der Waals surface area contributed by atoms with Crippen molar-refractivity contribution in [3.63, 3.8) is 0 Å². The van der Waals surface area contributed by atoms with E-state index in [1.54, 1.807) is 0 Å². The summed E-state index contributed by atoms with van der Waals surface area (Å²) in [6.07, 6.45) is 7.18. The summed E-state index contributed by atoms with van der Waals surface area (Å²) in [6, 6.07) is 0. The maximum atomic E-state index is 10.7. The van der Waals surface area contributed by atoms with Crippen LogP contribution in [0.1, 0.15) is 32.6 Å². The van der Waals surface area contributed by atoms with Gasteiger partial charge in [-0.25, -0.2) is 9.28 Å². The van der Waals surface area contributed by atoms with Crippen LogP contribution in [0.25, 0.3) is 0 Å². The number of hydrogen-bond acceptors (Lipinski definition) is 1. The minimum atomic E-state index is 0.583. The topological polar surface area (TPSA) is 17.1 Å². The van der Waals surface area contributed by atoms with Crippen molar-refractivity contribution in [3.05, 3.63) is 0 Å². The van der Waals surface area contributed by atoms with Gasteiger partial charge >= 0.3 is 6.41 Å². The summed E-state index contributed by atoms with van der Waals surface area (Å²) < 4.78 is 0.583. The van der Waals surface area contributed by atoms with Gasteiger partial charge in [0.05, 0.1) is 19.6 Å². The van der Waals surface area contributed by atoms with Gasteiger partial charge in [-0.3, -0.25) is 0 Å². The quantitative estimate of drug-likeness (QED) is 0.552. The Morgan fingerprint density at radius 3 is 2.09 bits per heavy atom. The van der Waals surface area contributed by atoms with Crippen molar-refractivity contribution in [1.29, 1.82) is 0 Å². The van der Waals surface area contributed by atoms with Crippen molar-refractivity contribution < 1.29 is 9.28 Å². The van der Waals surface area contributed by atoms with Crippen molar-refractivity contribution in [2.24, 2.45) is 0 Å². The first-order chi connectivity index (χ1) is 5.33. The van der Waals surface area contributed by atoms with Crippen molar-refractivity contribution in [2.45, 2.75) is 32.6 Å². The fraction of sp³-hybridized carbons (Fsp3) is 0.889. The average Bonchev–Trinajstić information content (AvgIpc) is 2.30. The van der Waals surface area contributed by atoms with Gasteiger partial charge in [-0.15, -0.1) is 0 Å². The zero-order chi connectivity index (χ0) is 8.16. The Morgan fingerprint density at radius 2 is 1.73 bits per heavy atom. The van der Waals surface area contributed by atoms with Crippen molar-refractivity contribution in [2.75, 3.05) is 19.6 Å². The molecule has 1 heterocycles. The predicted molar refractivity (Wildman–Crippen MR) is 44.7 cm³/mol. The summed E-state index contributed by atoms with van der Waals surface area (Å²) in [5.41, 5.74) is 0. The molecule has 2 nitrogen and oxygen atoms in total. The lowest BCUT2D eigenvalue weighted by Gasteiger charge is -2.26. The molecule has 0 aromatic carbocycles. The first-order valence-corrected chi connectivity index (χ1v) is 4.58. The second-order valence-electron chi connectivity index (χ2n) is 3.41. The van der Waals surface area contributed by atoms with Crippen LogP contribution in [-0.2, 0) is 4.79 Å². The summed E-state index contributed by atoms with van der Waals surface area (Å²) in [5.74, 6) is 0. The number of likely N-dealkylation sites (tertiary alicyclic amines) is 1. The Morgan fingerprint density at radius 1 is 1.18 bits per heavy atom. The van der Waals surface area contributed by atoms with E-state index in [9.17, 15) is 4.79 Å².